The molecule has 0 aromatic rings. The fourth-order valence-electron chi connectivity index (χ4n) is 0.922. The molecule has 0 bridgehead atoms. The molecule has 0 aromatic heterocycles. The highest BCUT2D eigenvalue weighted by Gasteiger charge is 2.35. The molecule has 0 spiro atoms. The van der Waals surface area contributed by atoms with Gasteiger partial charge in [0.25, 0.3) is 0 Å². The predicted octanol–water partition coefficient (Wildman–Crippen LogP) is 2.01. The van der Waals surface area contributed by atoms with Crippen molar-refractivity contribution >= 4 is 14.2 Å². The van der Waals surface area contributed by atoms with Gasteiger partial charge in [0.1, 0.15) is 0 Å². The number of carbonyl (C=O) groups is 1. The maximum atomic E-state index is 11.1. The maximum Gasteiger partial charge on any atom is 0.750 e. The second-order valence-electron chi connectivity index (χ2n) is 3.25. The normalized spacial score (nSPS) is 12.5. The Balaban J connectivity index is 4.15. The fourth-order valence-corrected chi connectivity index (χ4v) is 1.31. The molecule has 0 aliphatic carbocycles. The molecule has 1 N–H and O–H groups in total. The first-order chi connectivity index (χ1) is 5.40. The third-order valence-corrected chi connectivity index (χ3v) is 1.91. The second kappa shape index (κ2) is 4.53. The zero-order chi connectivity index (χ0) is 9.78. The lowest BCUT2D eigenvalue weighted by atomic mass is 9.88. The van der Waals surface area contributed by atoms with Crippen LogP contribution in [0.3, 0.4) is 0 Å². The number of rotatable bonds is 4. The summed E-state index contributed by atoms with van der Waals surface area (Å²) in [5.74, 6) is -0.618. The van der Waals surface area contributed by atoms with Crippen molar-refractivity contribution < 1.29 is 18.8 Å². The zero-order valence-electron chi connectivity index (χ0n) is 7.53. The van der Waals surface area contributed by atoms with E-state index in [1.54, 1.807) is 13.8 Å². The van der Waals surface area contributed by atoms with Gasteiger partial charge in [-0.3, -0.25) is 0 Å². The molecule has 0 fully saturated rings. The number of carbonyl (C=O) groups excluding carboxylic acids is 1. The van der Waals surface area contributed by atoms with Crippen LogP contribution in [0.5, 0.6) is 0 Å². The highest BCUT2D eigenvalue weighted by molar-refractivity contribution is 7.32. The summed E-state index contributed by atoms with van der Waals surface area (Å²) in [6.07, 6.45) is 1.49. The molecule has 0 saturated carbocycles. The monoisotopic (exact) mass is 193 g/mol. The van der Waals surface area contributed by atoms with E-state index in [0.717, 1.165) is 6.42 Å². The van der Waals surface area contributed by atoms with Crippen LogP contribution in [-0.4, -0.2) is 10.9 Å². The standard InChI is InChI=1S/C7H13O4P/c1-4-5-7(2,3)6(8)11-12(9)10/h4-5H2,1-3H3/p+1. The fraction of sp³-hybridized carbons (Fsp3) is 0.857. The van der Waals surface area contributed by atoms with Gasteiger partial charge < -0.3 is 0 Å². The van der Waals surface area contributed by atoms with E-state index in [1.165, 1.54) is 0 Å². The van der Waals surface area contributed by atoms with Gasteiger partial charge in [-0.05, 0) is 20.3 Å². The first kappa shape index (κ1) is 11.5. The van der Waals surface area contributed by atoms with Gasteiger partial charge in [0.05, 0.1) is 5.41 Å². The smallest absolute Gasteiger partial charge is 0.246 e. The summed E-state index contributed by atoms with van der Waals surface area (Å²) in [5.41, 5.74) is -0.664. The average molecular weight is 193 g/mol. The first-order valence-corrected chi connectivity index (χ1v) is 4.91. The van der Waals surface area contributed by atoms with Crippen molar-refractivity contribution in [1.82, 2.24) is 0 Å². The SMILES string of the molecule is CCCC(C)(C)C(=O)O[P+](=O)O. The van der Waals surface area contributed by atoms with Crippen LogP contribution < -0.4 is 0 Å². The molecule has 0 aromatic carbocycles. The molecular weight excluding hydrogens is 179 g/mol. The van der Waals surface area contributed by atoms with Crippen LogP contribution in [0.4, 0.5) is 0 Å². The molecule has 0 heterocycles. The molecule has 0 aliphatic heterocycles. The van der Waals surface area contributed by atoms with Crippen LogP contribution in [-0.2, 0) is 13.9 Å². The summed E-state index contributed by atoms with van der Waals surface area (Å²) in [6, 6.07) is 0. The third-order valence-electron chi connectivity index (χ3n) is 1.59. The largest absolute Gasteiger partial charge is 0.750 e. The number of hydrogen-bond donors (Lipinski definition) is 1. The summed E-state index contributed by atoms with van der Waals surface area (Å²) in [4.78, 5) is 19.4. The molecule has 0 saturated heterocycles. The lowest BCUT2D eigenvalue weighted by molar-refractivity contribution is -0.144. The molecule has 5 heteroatoms. The van der Waals surface area contributed by atoms with E-state index in [9.17, 15) is 9.36 Å². The Morgan fingerprint density at radius 2 is 2.08 bits per heavy atom. The quantitative estimate of drug-likeness (QED) is 0.693. The topological polar surface area (TPSA) is 63.6 Å². The van der Waals surface area contributed by atoms with E-state index < -0.39 is 19.6 Å². The van der Waals surface area contributed by atoms with Gasteiger partial charge in [-0.2, -0.15) is 4.52 Å². The van der Waals surface area contributed by atoms with Gasteiger partial charge in [-0.1, -0.05) is 13.3 Å². The highest BCUT2D eigenvalue weighted by Crippen LogP contribution is 2.28. The van der Waals surface area contributed by atoms with Gasteiger partial charge in [-0.25, -0.2) is 4.79 Å². The van der Waals surface area contributed by atoms with Crippen LogP contribution in [0, 0.1) is 5.41 Å². The summed E-state index contributed by atoms with van der Waals surface area (Å²) in [6.45, 7) is 5.32. The lowest BCUT2D eigenvalue weighted by Crippen LogP contribution is -2.24. The van der Waals surface area contributed by atoms with Crippen molar-refractivity contribution in [2.24, 2.45) is 5.41 Å². The molecule has 1 unspecified atom stereocenters. The summed E-state index contributed by atoms with van der Waals surface area (Å²) in [7, 11) is -2.81. The van der Waals surface area contributed by atoms with Crippen LogP contribution in [0.25, 0.3) is 0 Å². The van der Waals surface area contributed by atoms with E-state index in [2.05, 4.69) is 4.52 Å². The lowest BCUT2D eigenvalue weighted by Gasteiger charge is -2.16. The summed E-state index contributed by atoms with van der Waals surface area (Å²) in [5, 5.41) is 0. The average Bonchev–Trinajstić information content (AvgIpc) is 1.85. The summed E-state index contributed by atoms with van der Waals surface area (Å²) < 4.78 is 14.4. The highest BCUT2D eigenvalue weighted by atomic mass is 31.1. The zero-order valence-corrected chi connectivity index (χ0v) is 8.43. The van der Waals surface area contributed by atoms with Gasteiger partial charge in [0, 0.05) is 4.57 Å². The molecule has 70 valence electrons. The van der Waals surface area contributed by atoms with E-state index in [1.807, 2.05) is 6.92 Å². The maximum absolute atomic E-state index is 11.1. The molecule has 0 amide bonds. The minimum absolute atomic E-state index is 0.618. The summed E-state index contributed by atoms with van der Waals surface area (Å²) >= 11 is 0. The van der Waals surface area contributed by atoms with Crippen molar-refractivity contribution in [2.75, 3.05) is 0 Å². The van der Waals surface area contributed by atoms with Crippen molar-refractivity contribution in [3.05, 3.63) is 0 Å². The van der Waals surface area contributed by atoms with E-state index in [0.29, 0.717) is 6.42 Å². The Hall–Kier alpha value is -0.470. The Morgan fingerprint density at radius 1 is 1.58 bits per heavy atom. The van der Waals surface area contributed by atoms with Crippen molar-refractivity contribution in [3.8, 4) is 0 Å². The molecule has 12 heavy (non-hydrogen) atoms. The molecular formula is C7H14O4P+. The van der Waals surface area contributed by atoms with E-state index >= 15 is 0 Å². The van der Waals surface area contributed by atoms with Gasteiger partial charge in [-0.15, -0.1) is 4.89 Å². The molecule has 4 nitrogen and oxygen atoms in total. The van der Waals surface area contributed by atoms with Gasteiger partial charge in [0.15, 0.2) is 0 Å². The van der Waals surface area contributed by atoms with Crippen LogP contribution in [0.15, 0.2) is 0 Å². The molecule has 0 radical (unpaired) electrons. The Morgan fingerprint density at radius 3 is 2.42 bits per heavy atom. The Bertz CT molecular complexity index is 188. The van der Waals surface area contributed by atoms with Crippen LogP contribution in [0.2, 0.25) is 0 Å². The third kappa shape index (κ3) is 3.79. The van der Waals surface area contributed by atoms with E-state index in [-0.39, 0.29) is 0 Å². The van der Waals surface area contributed by atoms with Crippen molar-refractivity contribution in [2.45, 2.75) is 33.6 Å². The second-order valence-corrected chi connectivity index (χ2v) is 3.91. The Kier molecular flexibility index (Phi) is 4.35. The Labute approximate surface area is 72.9 Å². The molecule has 0 aliphatic rings. The first-order valence-electron chi connectivity index (χ1n) is 3.78. The van der Waals surface area contributed by atoms with Gasteiger partial charge >= 0.3 is 14.2 Å². The minimum atomic E-state index is -2.81. The van der Waals surface area contributed by atoms with Crippen LogP contribution >= 0.6 is 8.25 Å². The van der Waals surface area contributed by atoms with E-state index in [4.69, 9.17) is 4.89 Å². The van der Waals surface area contributed by atoms with Crippen molar-refractivity contribution in [3.63, 3.8) is 0 Å². The van der Waals surface area contributed by atoms with Crippen LogP contribution in [0.1, 0.15) is 33.6 Å². The minimum Gasteiger partial charge on any atom is -0.246 e. The van der Waals surface area contributed by atoms with Gasteiger partial charge in [0.2, 0.25) is 0 Å². The molecule has 1 atom stereocenters. The number of hydrogen-bond acceptors (Lipinski definition) is 3. The predicted molar refractivity (Wildman–Crippen MR) is 44.6 cm³/mol. The van der Waals surface area contributed by atoms with Crippen molar-refractivity contribution in [1.29, 1.82) is 0 Å². The molecule has 0 rings (SSSR count).